The van der Waals surface area contributed by atoms with Gasteiger partial charge in [0.1, 0.15) is 29.2 Å². The van der Waals surface area contributed by atoms with E-state index in [1.807, 2.05) is 30.3 Å². The summed E-state index contributed by atoms with van der Waals surface area (Å²) < 4.78 is 7.21. The molecule has 5 nitrogen and oxygen atoms in total. The Morgan fingerprint density at radius 3 is 2.79 bits per heavy atom. The lowest BCUT2D eigenvalue weighted by Crippen LogP contribution is -2.02. The molecule has 1 fully saturated rings. The molecule has 96 valence electrons. The summed E-state index contributed by atoms with van der Waals surface area (Å²) in [5, 5.41) is 13.8. The second-order valence-electron chi connectivity index (χ2n) is 4.51. The number of benzene rings is 1. The van der Waals surface area contributed by atoms with Gasteiger partial charge in [0, 0.05) is 6.61 Å². The van der Waals surface area contributed by atoms with Gasteiger partial charge in [-0.15, -0.1) is 0 Å². The quantitative estimate of drug-likeness (QED) is 0.891. The SMILES string of the molecule is N#Cc1c([C@@H]2CCCO2)nn(-c2ccccc2)c1N. The number of hydrogen-bond donors (Lipinski definition) is 1. The topological polar surface area (TPSA) is 76.9 Å². The molecule has 2 heterocycles. The number of nitrogens with zero attached hydrogens (tertiary/aromatic N) is 3. The van der Waals surface area contributed by atoms with E-state index in [1.165, 1.54) is 0 Å². The first-order chi connectivity index (χ1) is 9.31. The van der Waals surface area contributed by atoms with Gasteiger partial charge in [-0.25, -0.2) is 4.68 Å². The number of ether oxygens (including phenoxy) is 1. The molecule has 0 bridgehead atoms. The number of rotatable bonds is 2. The summed E-state index contributed by atoms with van der Waals surface area (Å²) >= 11 is 0. The molecular weight excluding hydrogens is 240 g/mol. The molecule has 0 unspecified atom stereocenters. The van der Waals surface area contributed by atoms with Gasteiger partial charge in [0.05, 0.1) is 5.69 Å². The van der Waals surface area contributed by atoms with Crippen molar-refractivity contribution in [1.82, 2.24) is 9.78 Å². The number of anilines is 1. The van der Waals surface area contributed by atoms with Gasteiger partial charge in [-0.2, -0.15) is 10.4 Å². The van der Waals surface area contributed by atoms with Crippen LogP contribution in [0.1, 0.15) is 30.2 Å². The monoisotopic (exact) mass is 254 g/mol. The van der Waals surface area contributed by atoms with Gasteiger partial charge < -0.3 is 10.5 Å². The highest BCUT2D eigenvalue weighted by Crippen LogP contribution is 2.32. The van der Waals surface area contributed by atoms with E-state index >= 15 is 0 Å². The van der Waals surface area contributed by atoms with Crippen LogP contribution in [0.25, 0.3) is 5.69 Å². The number of aromatic nitrogens is 2. The summed E-state index contributed by atoms with van der Waals surface area (Å²) in [5.41, 5.74) is 7.97. The van der Waals surface area contributed by atoms with Crippen LogP contribution in [0.15, 0.2) is 30.3 Å². The maximum atomic E-state index is 9.28. The second kappa shape index (κ2) is 4.75. The van der Waals surface area contributed by atoms with E-state index in [4.69, 9.17) is 10.5 Å². The fourth-order valence-electron chi connectivity index (χ4n) is 2.35. The molecule has 2 N–H and O–H groups in total. The van der Waals surface area contributed by atoms with Gasteiger partial charge in [0.2, 0.25) is 0 Å². The van der Waals surface area contributed by atoms with Crippen LogP contribution >= 0.6 is 0 Å². The predicted octanol–water partition coefficient (Wildman–Crippen LogP) is 2.18. The van der Waals surface area contributed by atoms with Gasteiger partial charge in [0.15, 0.2) is 0 Å². The molecule has 1 saturated heterocycles. The van der Waals surface area contributed by atoms with Crippen molar-refractivity contribution in [2.45, 2.75) is 18.9 Å². The summed E-state index contributed by atoms with van der Waals surface area (Å²) in [6.07, 6.45) is 1.77. The zero-order chi connectivity index (χ0) is 13.2. The fourth-order valence-corrected chi connectivity index (χ4v) is 2.35. The lowest BCUT2D eigenvalue weighted by Gasteiger charge is -2.05. The van der Waals surface area contributed by atoms with E-state index in [9.17, 15) is 5.26 Å². The largest absolute Gasteiger partial charge is 0.382 e. The molecule has 0 aliphatic carbocycles. The molecular formula is C14H14N4O. The highest BCUT2D eigenvalue weighted by Gasteiger charge is 2.27. The Morgan fingerprint density at radius 1 is 1.37 bits per heavy atom. The van der Waals surface area contributed by atoms with E-state index in [0.29, 0.717) is 23.7 Å². The molecule has 0 spiro atoms. The van der Waals surface area contributed by atoms with Crippen molar-refractivity contribution in [2.24, 2.45) is 0 Å². The second-order valence-corrected chi connectivity index (χ2v) is 4.51. The van der Waals surface area contributed by atoms with Crippen molar-refractivity contribution in [1.29, 1.82) is 5.26 Å². The van der Waals surface area contributed by atoms with Gasteiger partial charge in [-0.3, -0.25) is 0 Å². The average Bonchev–Trinajstić information content (AvgIpc) is 3.07. The number of nitriles is 1. The van der Waals surface area contributed by atoms with Crippen molar-refractivity contribution < 1.29 is 4.74 Å². The first-order valence-electron chi connectivity index (χ1n) is 6.27. The molecule has 1 aromatic heterocycles. The molecule has 1 atom stereocenters. The Kier molecular flexibility index (Phi) is 2.94. The van der Waals surface area contributed by atoms with Crippen LogP contribution in [0.4, 0.5) is 5.82 Å². The van der Waals surface area contributed by atoms with Crippen LogP contribution < -0.4 is 5.73 Å². The molecule has 1 aromatic carbocycles. The first-order valence-corrected chi connectivity index (χ1v) is 6.27. The van der Waals surface area contributed by atoms with Crippen LogP contribution in [0, 0.1) is 11.3 Å². The highest BCUT2D eigenvalue weighted by molar-refractivity contribution is 5.56. The molecule has 0 amide bonds. The number of para-hydroxylation sites is 1. The van der Waals surface area contributed by atoms with Crippen LogP contribution in [0.3, 0.4) is 0 Å². The van der Waals surface area contributed by atoms with E-state index < -0.39 is 0 Å². The van der Waals surface area contributed by atoms with Crippen molar-refractivity contribution in [3.8, 4) is 11.8 Å². The van der Waals surface area contributed by atoms with Gasteiger partial charge in [-0.05, 0) is 25.0 Å². The smallest absolute Gasteiger partial charge is 0.145 e. The van der Waals surface area contributed by atoms with Crippen molar-refractivity contribution >= 4 is 5.82 Å². The van der Waals surface area contributed by atoms with Gasteiger partial charge in [-0.1, -0.05) is 18.2 Å². The minimum atomic E-state index is -0.109. The van der Waals surface area contributed by atoms with Crippen LogP contribution in [0.5, 0.6) is 0 Å². The zero-order valence-corrected chi connectivity index (χ0v) is 10.4. The number of nitrogens with two attached hydrogens (primary N) is 1. The molecule has 5 heteroatoms. The maximum Gasteiger partial charge on any atom is 0.145 e. The minimum Gasteiger partial charge on any atom is -0.382 e. The van der Waals surface area contributed by atoms with Crippen molar-refractivity contribution in [2.75, 3.05) is 12.3 Å². The number of nitrogen functional groups attached to an aromatic ring is 1. The average molecular weight is 254 g/mol. The highest BCUT2D eigenvalue weighted by atomic mass is 16.5. The van der Waals surface area contributed by atoms with E-state index in [1.54, 1.807) is 4.68 Å². The Balaban J connectivity index is 2.10. The third kappa shape index (κ3) is 1.96. The lowest BCUT2D eigenvalue weighted by molar-refractivity contribution is 0.108. The van der Waals surface area contributed by atoms with E-state index in [-0.39, 0.29) is 6.10 Å². The Hall–Kier alpha value is -2.32. The standard InChI is InChI=1S/C14H14N4O/c15-9-11-13(12-7-4-8-19-12)17-18(14(11)16)10-5-2-1-3-6-10/h1-3,5-6,12H,4,7-8,16H2/t12-/m0/s1. The Morgan fingerprint density at radius 2 is 2.16 bits per heavy atom. The molecule has 19 heavy (non-hydrogen) atoms. The molecule has 1 aliphatic heterocycles. The molecule has 1 aliphatic rings. The molecule has 0 saturated carbocycles. The normalized spacial score (nSPS) is 18.4. The Bertz CT molecular complexity index is 621. The van der Waals surface area contributed by atoms with E-state index in [0.717, 1.165) is 18.5 Å². The third-order valence-electron chi connectivity index (χ3n) is 3.30. The molecule has 2 aromatic rings. The zero-order valence-electron chi connectivity index (χ0n) is 10.4. The first kappa shape index (κ1) is 11.8. The lowest BCUT2D eigenvalue weighted by atomic mass is 10.1. The maximum absolute atomic E-state index is 9.28. The number of hydrogen-bond acceptors (Lipinski definition) is 4. The van der Waals surface area contributed by atoms with Crippen molar-refractivity contribution in [3.05, 3.63) is 41.6 Å². The van der Waals surface area contributed by atoms with Gasteiger partial charge >= 0.3 is 0 Å². The molecule has 0 radical (unpaired) electrons. The summed E-state index contributed by atoms with van der Waals surface area (Å²) in [4.78, 5) is 0. The summed E-state index contributed by atoms with van der Waals surface area (Å²) in [6.45, 7) is 0.716. The van der Waals surface area contributed by atoms with Crippen molar-refractivity contribution in [3.63, 3.8) is 0 Å². The third-order valence-corrected chi connectivity index (χ3v) is 3.30. The van der Waals surface area contributed by atoms with Gasteiger partial charge in [0.25, 0.3) is 0 Å². The summed E-state index contributed by atoms with van der Waals surface area (Å²) in [7, 11) is 0. The molecule has 3 rings (SSSR count). The van der Waals surface area contributed by atoms with E-state index in [2.05, 4.69) is 11.2 Å². The Labute approximate surface area is 111 Å². The summed E-state index contributed by atoms with van der Waals surface area (Å²) in [6, 6.07) is 11.7. The predicted molar refractivity (Wildman–Crippen MR) is 70.6 cm³/mol. The summed E-state index contributed by atoms with van der Waals surface area (Å²) in [5.74, 6) is 0.374. The fraction of sp³-hybridized carbons (Fsp3) is 0.286. The van der Waals surface area contributed by atoms with Crippen LogP contribution in [-0.4, -0.2) is 16.4 Å². The minimum absolute atomic E-state index is 0.109. The van der Waals surface area contributed by atoms with Crippen LogP contribution in [0.2, 0.25) is 0 Å². The van der Waals surface area contributed by atoms with Crippen LogP contribution in [-0.2, 0) is 4.74 Å².